The van der Waals surface area contributed by atoms with Gasteiger partial charge in [-0.1, -0.05) is 44.0 Å². The second kappa shape index (κ2) is 6.08. The predicted octanol–water partition coefficient (Wildman–Crippen LogP) is 4.96. The smallest absolute Gasteiger partial charge is 0.0406 e. The monoisotopic (exact) mass is 265 g/mol. The van der Waals surface area contributed by atoms with Crippen molar-refractivity contribution in [1.29, 1.82) is 0 Å². The standard InChI is InChI=1S/C16H24ClN/c1-3-5-15(13-6-8-14(17)9-7-13)18-12-16(4-2)10-11-16/h6-9,15,18H,3-5,10-12H2,1-2H3. The van der Waals surface area contributed by atoms with Gasteiger partial charge in [-0.3, -0.25) is 0 Å². The first-order valence-electron chi connectivity index (χ1n) is 7.18. The van der Waals surface area contributed by atoms with Crippen LogP contribution in [0.15, 0.2) is 24.3 Å². The van der Waals surface area contributed by atoms with Crippen LogP contribution in [0.25, 0.3) is 0 Å². The topological polar surface area (TPSA) is 12.0 Å². The number of nitrogens with one attached hydrogen (secondary N) is 1. The highest BCUT2D eigenvalue weighted by Crippen LogP contribution is 2.48. The van der Waals surface area contributed by atoms with E-state index in [1.807, 2.05) is 12.1 Å². The van der Waals surface area contributed by atoms with E-state index in [2.05, 4.69) is 31.3 Å². The van der Waals surface area contributed by atoms with Crippen LogP contribution in [-0.2, 0) is 0 Å². The molecule has 0 radical (unpaired) electrons. The van der Waals surface area contributed by atoms with E-state index in [-0.39, 0.29) is 0 Å². The molecule has 18 heavy (non-hydrogen) atoms. The highest BCUT2D eigenvalue weighted by atomic mass is 35.5. The van der Waals surface area contributed by atoms with Crippen molar-refractivity contribution in [3.8, 4) is 0 Å². The van der Waals surface area contributed by atoms with Crippen LogP contribution in [0.1, 0.15) is 57.6 Å². The third-order valence-corrected chi connectivity index (χ3v) is 4.53. The Morgan fingerprint density at radius 3 is 2.39 bits per heavy atom. The molecule has 0 amide bonds. The Morgan fingerprint density at radius 2 is 1.89 bits per heavy atom. The Morgan fingerprint density at radius 1 is 1.22 bits per heavy atom. The van der Waals surface area contributed by atoms with Crippen LogP contribution in [0.5, 0.6) is 0 Å². The highest BCUT2D eigenvalue weighted by molar-refractivity contribution is 6.30. The summed E-state index contributed by atoms with van der Waals surface area (Å²) >= 11 is 5.96. The van der Waals surface area contributed by atoms with Crippen LogP contribution in [0, 0.1) is 5.41 Å². The molecule has 0 aromatic heterocycles. The maximum Gasteiger partial charge on any atom is 0.0406 e. The van der Waals surface area contributed by atoms with Crippen molar-refractivity contribution >= 4 is 11.6 Å². The fourth-order valence-corrected chi connectivity index (χ4v) is 2.67. The molecular formula is C16H24ClN. The summed E-state index contributed by atoms with van der Waals surface area (Å²) in [5, 5.41) is 4.59. The van der Waals surface area contributed by atoms with E-state index in [4.69, 9.17) is 11.6 Å². The van der Waals surface area contributed by atoms with Gasteiger partial charge < -0.3 is 5.32 Å². The number of hydrogen-bond donors (Lipinski definition) is 1. The third-order valence-electron chi connectivity index (χ3n) is 4.28. The van der Waals surface area contributed by atoms with E-state index in [0.717, 1.165) is 11.6 Å². The quantitative estimate of drug-likeness (QED) is 0.735. The first kappa shape index (κ1) is 13.9. The van der Waals surface area contributed by atoms with Crippen LogP contribution in [0.3, 0.4) is 0 Å². The molecule has 1 saturated carbocycles. The molecule has 1 nitrogen and oxygen atoms in total. The summed E-state index contributed by atoms with van der Waals surface area (Å²) in [6.07, 6.45) is 6.51. The lowest BCUT2D eigenvalue weighted by molar-refractivity contribution is 0.391. The molecule has 1 N–H and O–H groups in total. The third kappa shape index (κ3) is 3.49. The molecule has 1 aliphatic carbocycles. The zero-order valence-corrected chi connectivity index (χ0v) is 12.3. The lowest BCUT2D eigenvalue weighted by Gasteiger charge is -2.22. The summed E-state index contributed by atoms with van der Waals surface area (Å²) in [6, 6.07) is 8.78. The van der Waals surface area contributed by atoms with E-state index in [1.54, 1.807) is 0 Å². The predicted molar refractivity (Wildman–Crippen MR) is 79.1 cm³/mol. The van der Waals surface area contributed by atoms with Crippen molar-refractivity contribution in [2.24, 2.45) is 5.41 Å². The molecule has 100 valence electrons. The van der Waals surface area contributed by atoms with Gasteiger partial charge in [0.2, 0.25) is 0 Å². The van der Waals surface area contributed by atoms with Crippen molar-refractivity contribution in [2.45, 2.75) is 52.0 Å². The van der Waals surface area contributed by atoms with E-state index in [1.165, 1.54) is 37.7 Å². The minimum absolute atomic E-state index is 0.483. The molecule has 0 aliphatic heterocycles. The lowest BCUT2D eigenvalue weighted by Crippen LogP contribution is -2.28. The summed E-state index contributed by atoms with van der Waals surface area (Å²) in [5.74, 6) is 0. The Hall–Kier alpha value is -0.530. The van der Waals surface area contributed by atoms with Gasteiger partial charge in [0.25, 0.3) is 0 Å². The van der Waals surface area contributed by atoms with E-state index in [9.17, 15) is 0 Å². The normalized spacial score (nSPS) is 18.6. The maximum atomic E-state index is 5.96. The molecule has 2 rings (SSSR count). The summed E-state index contributed by atoms with van der Waals surface area (Å²) in [6.45, 7) is 5.72. The number of halogens is 1. The first-order valence-corrected chi connectivity index (χ1v) is 7.56. The Kier molecular flexibility index (Phi) is 4.69. The molecule has 0 heterocycles. The molecule has 1 aliphatic rings. The molecule has 1 aromatic rings. The largest absolute Gasteiger partial charge is 0.309 e. The van der Waals surface area contributed by atoms with E-state index < -0.39 is 0 Å². The van der Waals surface area contributed by atoms with Crippen molar-refractivity contribution in [3.63, 3.8) is 0 Å². The lowest BCUT2D eigenvalue weighted by atomic mass is 9.99. The van der Waals surface area contributed by atoms with Gasteiger partial charge >= 0.3 is 0 Å². The van der Waals surface area contributed by atoms with Gasteiger partial charge in [0.05, 0.1) is 0 Å². The van der Waals surface area contributed by atoms with Gasteiger partial charge in [-0.25, -0.2) is 0 Å². The Balaban J connectivity index is 1.97. The van der Waals surface area contributed by atoms with Gasteiger partial charge in [-0.15, -0.1) is 0 Å². The average molecular weight is 266 g/mol. The average Bonchev–Trinajstić information content (AvgIpc) is 3.16. The summed E-state index contributed by atoms with van der Waals surface area (Å²) < 4.78 is 0. The molecule has 1 atom stereocenters. The molecule has 1 unspecified atom stereocenters. The van der Waals surface area contributed by atoms with E-state index in [0.29, 0.717) is 11.5 Å². The summed E-state index contributed by atoms with van der Waals surface area (Å²) in [4.78, 5) is 0. The zero-order chi connectivity index (χ0) is 13.0. The minimum atomic E-state index is 0.483. The number of rotatable bonds is 7. The van der Waals surface area contributed by atoms with Gasteiger partial charge in [0.15, 0.2) is 0 Å². The molecule has 0 saturated heterocycles. The second-order valence-electron chi connectivity index (χ2n) is 5.63. The second-order valence-corrected chi connectivity index (χ2v) is 6.06. The Bertz CT molecular complexity index is 367. The van der Waals surface area contributed by atoms with Gasteiger partial charge in [0, 0.05) is 17.6 Å². The minimum Gasteiger partial charge on any atom is -0.309 e. The van der Waals surface area contributed by atoms with Crippen LogP contribution < -0.4 is 5.32 Å². The van der Waals surface area contributed by atoms with Crippen molar-refractivity contribution in [2.75, 3.05) is 6.54 Å². The van der Waals surface area contributed by atoms with Crippen LogP contribution in [0.2, 0.25) is 5.02 Å². The van der Waals surface area contributed by atoms with Crippen LogP contribution in [0.4, 0.5) is 0 Å². The van der Waals surface area contributed by atoms with Gasteiger partial charge in [0.1, 0.15) is 0 Å². The fourth-order valence-electron chi connectivity index (χ4n) is 2.54. The SMILES string of the molecule is CCCC(NCC1(CC)CC1)c1ccc(Cl)cc1. The molecule has 2 heteroatoms. The highest BCUT2D eigenvalue weighted by Gasteiger charge is 2.40. The number of benzene rings is 1. The van der Waals surface area contributed by atoms with Crippen molar-refractivity contribution < 1.29 is 0 Å². The van der Waals surface area contributed by atoms with Gasteiger partial charge in [-0.2, -0.15) is 0 Å². The summed E-state index contributed by atoms with van der Waals surface area (Å²) in [7, 11) is 0. The van der Waals surface area contributed by atoms with Crippen molar-refractivity contribution in [3.05, 3.63) is 34.9 Å². The molecule has 1 fully saturated rings. The van der Waals surface area contributed by atoms with Gasteiger partial charge in [-0.05, 0) is 48.8 Å². The molecule has 0 bridgehead atoms. The summed E-state index contributed by atoms with van der Waals surface area (Å²) in [5.41, 5.74) is 1.98. The van der Waals surface area contributed by atoms with Crippen LogP contribution >= 0.6 is 11.6 Å². The Labute approximate surface area is 116 Å². The number of hydrogen-bond acceptors (Lipinski definition) is 1. The first-order chi connectivity index (χ1) is 8.69. The van der Waals surface area contributed by atoms with Crippen LogP contribution in [-0.4, -0.2) is 6.54 Å². The molecule has 1 aromatic carbocycles. The zero-order valence-electron chi connectivity index (χ0n) is 11.5. The van der Waals surface area contributed by atoms with Crippen molar-refractivity contribution in [1.82, 2.24) is 5.32 Å². The molecular weight excluding hydrogens is 242 g/mol. The molecule has 0 spiro atoms. The van der Waals surface area contributed by atoms with E-state index >= 15 is 0 Å². The maximum absolute atomic E-state index is 5.96. The fraction of sp³-hybridized carbons (Fsp3) is 0.625.